The van der Waals surface area contributed by atoms with E-state index in [-0.39, 0.29) is 5.69 Å². The molecule has 0 aliphatic rings. The lowest BCUT2D eigenvalue weighted by Gasteiger charge is -2.37. The van der Waals surface area contributed by atoms with Crippen molar-refractivity contribution in [1.82, 2.24) is 0 Å². The maximum absolute atomic E-state index is 13.5. The van der Waals surface area contributed by atoms with Crippen molar-refractivity contribution in [1.29, 1.82) is 0 Å². The van der Waals surface area contributed by atoms with Crippen molar-refractivity contribution in [2.45, 2.75) is 18.0 Å². The minimum atomic E-state index is -5.76. The first-order valence-electron chi connectivity index (χ1n) is 6.32. The van der Waals surface area contributed by atoms with Crippen LogP contribution in [0.4, 0.5) is 32.0 Å². The average Bonchev–Trinajstić information content (AvgIpc) is 2.44. The summed E-state index contributed by atoms with van der Waals surface area (Å²) in [5, 5.41) is 0. The second-order valence-corrected chi connectivity index (χ2v) is 4.68. The SMILES string of the molecule is Nc1ccccc1OC(c1ccccc1)(C(F)(F)F)C(F)(F)F. The number of benzene rings is 2. The Hall–Kier alpha value is -2.38. The van der Waals surface area contributed by atoms with Gasteiger partial charge in [0, 0.05) is 5.56 Å². The molecule has 0 heterocycles. The van der Waals surface area contributed by atoms with Crippen LogP contribution in [0.1, 0.15) is 5.56 Å². The lowest BCUT2D eigenvalue weighted by Crippen LogP contribution is -2.58. The summed E-state index contributed by atoms with van der Waals surface area (Å²) in [5.41, 5.74) is -0.497. The van der Waals surface area contributed by atoms with Crippen molar-refractivity contribution in [2.24, 2.45) is 0 Å². The molecule has 0 aliphatic carbocycles. The van der Waals surface area contributed by atoms with Crippen molar-refractivity contribution >= 4 is 5.69 Å². The van der Waals surface area contributed by atoms with Crippen LogP contribution < -0.4 is 10.5 Å². The monoisotopic (exact) mass is 335 g/mol. The number of hydrogen-bond donors (Lipinski definition) is 1. The maximum atomic E-state index is 13.5. The zero-order valence-electron chi connectivity index (χ0n) is 11.4. The van der Waals surface area contributed by atoms with Crippen LogP contribution in [-0.4, -0.2) is 12.4 Å². The fraction of sp³-hybridized carbons (Fsp3) is 0.200. The van der Waals surface area contributed by atoms with Crippen LogP contribution in [0.25, 0.3) is 0 Å². The quantitative estimate of drug-likeness (QED) is 0.654. The van der Waals surface area contributed by atoms with Crippen LogP contribution in [0.2, 0.25) is 0 Å². The van der Waals surface area contributed by atoms with E-state index in [0.29, 0.717) is 12.1 Å². The molecule has 0 saturated heterocycles. The molecule has 0 amide bonds. The third-order valence-electron chi connectivity index (χ3n) is 3.16. The fourth-order valence-electron chi connectivity index (χ4n) is 2.07. The molecule has 2 nitrogen and oxygen atoms in total. The van der Waals surface area contributed by atoms with E-state index in [9.17, 15) is 26.3 Å². The summed E-state index contributed by atoms with van der Waals surface area (Å²) in [6.07, 6.45) is -11.5. The molecule has 0 saturated carbocycles. The molecule has 0 bridgehead atoms. The molecule has 0 atom stereocenters. The molecule has 0 spiro atoms. The van der Waals surface area contributed by atoms with E-state index in [1.807, 2.05) is 0 Å². The van der Waals surface area contributed by atoms with E-state index in [2.05, 4.69) is 4.74 Å². The van der Waals surface area contributed by atoms with Gasteiger partial charge in [0.05, 0.1) is 5.69 Å². The summed E-state index contributed by atoms with van der Waals surface area (Å²) in [6, 6.07) is 9.56. The number of nitrogens with two attached hydrogens (primary N) is 1. The van der Waals surface area contributed by atoms with Crippen molar-refractivity contribution in [3.63, 3.8) is 0 Å². The molecular weight excluding hydrogens is 324 g/mol. The second-order valence-electron chi connectivity index (χ2n) is 4.68. The van der Waals surface area contributed by atoms with Gasteiger partial charge < -0.3 is 10.5 Å². The third-order valence-corrected chi connectivity index (χ3v) is 3.16. The predicted molar refractivity (Wildman–Crippen MR) is 71.7 cm³/mol. The van der Waals surface area contributed by atoms with Gasteiger partial charge in [0.1, 0.15) is 5.75 Å². The van der Waals surface area contributed by atoms with Crippen LogP contribution in [0.3, 0.4) is 0 Å². The highest BCUT2D eigenvalue weighted by Gasteiger charge is 2.74. The van der Waals surface area contributed by atoms with Crippen LogP contribution in [0, 0.1) is 0 Å². The molecule has 2 N–H and O–H groups in total. The summed E-state index contributed by atoms with van der Waals surface area (Å²) in [7, 11) is 0. The lowest BCUT2D eigenvalue weighted by atomic mass is 9.91. The Morgan fingerprint density at radius 3 is 1.65 bits per heavy atom. The number of anilines is 1. The van der Waals surface area contributed by atoms with Crippen LogP contribution in [0.15, 0.2) is 54.6 Å². The Bertz CT molecular complexity index is 652. The number of hydrogen-bond acceptors (Lipinski definition) is 2. The van der Waals surface area contributed by atoms with Crippen molar-refractivity contribution < 1.29 is 31.1 Å². The van der Waals surface area contributed by atoms with Gasteiger partial charge in [-0.3, -0.25) is 0 Å². The summed E-state index contributed by atoms with van der Waals surface area (Å²) >= 11 is 0. The zero-order chi connectivity index (χ0) is 17.3. The average molecular weight is 335 g/mol. The number of alkyl halides is 6. The molecule has 0 aliphatic heterocycles. The van der Waals surface area contributed by atoms with Gasteiger partial charge in [-0.2, -0.15) is 26.3 Å². The molecule has 2 rings (SSSR count). The van der Waals surface area contributed by atoms with E-state index in [4.69, 9.17) is 5.73 Å². The molecule has 124 valence electrons. The molecule has 23 heavy (non-hydrogen) atoms. The summed E-state index contributed by atoms with van der Waals surface area (Å²) < 4.78 is 85.4. The third kappa shape index (κ3) is 2.93. The molecule has 8 heteroatoms. The minimum absolute atomic E-state index is 0.332. The van der Waals surface area contributed by atoms with Gasteiger partial charge in [-0.25, -0.2) is 0 Å². The van der Waals surface area contributed by atoms with Gasteiger partial charge in [0.15, 0.2) is 0 Å². The molecule has 0 aromatic heterocycles. The zero-order valence-corrected chi connectivity index (χ0v) is 11.4. The normalized spacial score (nSPS) is 13.0. The van der Waals surface area contributed by atoms with E-state index in [1.54, 1.807) is 0 Å². The summed E-state index contributed by atoms with van der Waals surface area (Å²) in [5.74, 6) is -0.703. The van der Waals surface area contributed by atoms with Crippen LogP contribution in [-0.2, 0) is 5.60 Å². The van der Waals surface area contributed by atoms with Crippen LogP contribution in [0.5, 0.6) is 5.75 Å². The highest BCUT2D eigenvalue weighted by Crippen LogP contribution is 2.53. The van der Waals surface area contributed by atoms with Crippen molar-refractivity contribution in [3.8, 4) is 5.75 Å². The predicted octanol–water partition coefficient (Wildman–Crippen LogP) is 4.67. The summed E-state index contributed by atoms with van der Waals surface area (Å²) in [4.78, 5) is 0. The van der Waals surface area contributed by atoms with Crippen molar-refractivity contribution in [3.05, 3.63) is 60.2 Å². The van der Waals surface area contributed by atoms with E-state index in [0.717, 1.165) is 24.3 Å². The molecule has 0 fully saturated rings. The number of halogens is 6. The van der Waals surface area contributed by atoms with Gasteiger partial charge >= 0.3 is 18.0 Å². The van der Waals surface area contributed by atoms with E-state index < -0.39 is 29.3 Å². The highest BCUT2D eigenvalue weighted by molar-refractivity contribution is 5.52. The van der Waals surface area contributed by atoms with Gasteiger partial charge in [-0.05, 0) is 12.1 Å². The second kappa shape index (κ2) is 5.68. The number of nitrogen functional groups attached to an aromatic ring is 1. The number of rotatable bonds is 3. The van der Waals surface area contributed by atoms with Gasteiger partial charge in [-0.1, -0.05) is 42.5 Å². The Kier molecular flexibility index (Phi) is 4.19. The Morgan fingerprint density at radius 1 is 0.696 bits per heavy atom. The molecular formula is C15H11F6NO. The fourth-order valence-corrected chi connectivity index (χ4v) is 2.07. The first-order chi connectivity index (χ1) is 10.6. The van der Waals surface area contributed by atoms with Gasteiger partial charge in [0.25, 0.3) is 0 Å². The first-order valence-corrected chi connectivity index (χ1v) is 6.32. The molecule has 0 unspecified atom stereocenters. The summed E-state index contributed by atoms with van der Waals surface area (Å²) in [6.45, 7) is 0. The Balaban J connectivity index is 2.71. The highest BCUT2D eigenvalue weighted by atomic mass is 19.4. The standard InChI is InChI=1S/C15H11F6NO/c16-14(17,18)13(15(19,20)21,10-6-2-1-3-7-10)23-12-9-5-4-8-11(12)22/h1-9H,22H2. The molecule has 2 aromatic carbocycles. The first kappa shape index (κ1) is 17.0. The topological polar surface area (TPSA) is 35.2 Å². The smallest absolute Gasteiger partial charge is 0.442 e. The number of ether oxygens (including phenoxy) is 1. The number of para-hydroxylation sites is 2. The Labute approximate surface area is 127 Å². The minimum Gasteiger partial charge on any atom is -0.462 e. The maximum Gasteiger partial charge on any atom is 0.442 e. The molecule has 2 aromatic rings. The molecule has 0 radical (unpaired) electrons. The largest absolute Gasteiger partial charge is 0.462 e. The Morgan fingerprint density at radius 2 is 1.17 bits per heavy atom. The van der Waals surface area contributed by atoms with E-state index >= 15 is 0 Å². The van der Waals surface area contributed by atoms with Gasteiger partial charge in [-0.15, -0.1) is 0 Å². The lowest BCUT2D eigenvalue weighted by molar-refractivity contribution is -0.365. The van der Waals surface area contributed by atoms with Crippen LogP contribution >= 0.6 is 0 Å². The van der Waals surface area contributed by atoms with Gasteiger partial charge in [0.2, 0.25) is 0 Å². The van der Waals surface area contributed by atoms with Crippen molar-refractivity contribution in [2.75, 3.05) is 5.73 Å². The van der Waals surface area contributed by atoms with E-state index in [1.165, 1.54) is 18.2 Å².